The fourth-order valence-electron chi connectivity index (χ4n) is 2.62. The number of hydrogen-bond donors (Lipinski definition) is 0. The molecule has 2 rings (SSSR count). The van der Waals surface area contributed by atoms with Gasteiger partial charge in [-0.1, -0.05) is 11.6 Å². The molecule has 120 valence electrons. The second kappa shape index (κ2) is 6.84. The summed E-state index contributed by atoms with van der Waals surface area (Å²) in [7, 11) is 0. The van der Waals surface area contributed by atoms with E-state index < -0.39 is 11.9 Å². The van der Waals surface area contributed by atoms with Crippen LogP contribution in [0.3, 0.4) is 0 Å². The number of likely N-dealkylation sites (N-methyl/N-ethyl adjacent to an activating group) is 1. The van der Waals surface area contributed by atoms with Gasteiger partial charge in [0, 0.05) is 24.0 Å². The first kappa shape index (κ1) is 17.0. The number of amides is 3. The first-order valence-electron chi connectivity index (χ1n) is 7.05. The minimum atomic E-state index is -0.504. The smallest absolute Gasteiger partial charge is 0.312 e. The van der Waals surface area contributed by atoms with E-state index >= 15 is 0 Å². The number of hydrogen-bond acceptors (Lipinski definition) is 2. The summed E-state index contributed by atoms with van der Waals surface area (Å²) in [5, 5.41) is 0.275. The zero-order valence-electron chi connectivity index (χ0n) is 12.4. The highest BCUT2D eigenvalue weighted by Crippen LogP contribution is 2.25. The molecule has 22 heavy (non-hydrogen) atoms. The maximum atomic E-state index is 13.5. The molecule has 7 heteroatoms. The van der Waals surface area contributed by atoms with Crippen LogP contribution in [0, 0.1) is 5.82 Å². The molecule has 1 atom stereocenters. The number of urea groups is 1. The molecule has 0 bridgehead atoms. The number of carbonyl (C=O) groups excluding carboxylic acids is 2. The molecule has 4 nitrogen and oxygen atoms in total. The van der Waals surface area contributed by atoms with Crippen LogP contribution in [0.1, 0.15) is 25.0 Å². The van der Waals surface area contributed by atoms with Crippen molar-refractivity contribution in [3.05, 3.63) is 34.1 Å². The molecule has 1 aromatic rings. The Morgan fingerprint density at radius 2 is 2.00 bits per heavy atom. The lowest BCUT2D eigenvalue weighted by atomic mass is 10.0. The van der Waals surface area contributed by atoms with Crippen LogP contribution in [0.25, 0.3) is 0 Å². The summed E-state index contributed by atoms with van der Waals surface area (Å²) in [6.45, 7) is 4.10. The quantitative estimate of drug-likeness (QED) is 0.605. The number of imide groups is 1. The van der Waals surface area contributed by atoms with Crippen LogP contribution in [-0.4, -0.2) is 40.9 Å². The molecular formula is C15H17Cl2FN2O2. The van der Waals surface area contributed by atoms with Crippen molar-refractivity contribution in [3.63, 3.8) is 0 Å². The summed E-state index contributed by atoms with van der Waals surface area (Å²) in [5.74, 6) is -0.485. The molecule has 0 aliphatic carbocycles. The minimum Gasteiger partial charge on any atom is -0.312 e. The zero-order chi connectivity index (χ0) is 16.4. The highest BCUT2D eigenvalue weighted by molar-refractivity contribution is 6.32. The topological polar surface area (TPSA) is 40.6 Å². The van der Waals surface area contributed by atoms with Gasteiger partial charge in [0.25, 0.3) is 5.91 Å². The van der Waals surface area contributed by atoms with Crippen LogP contribution >= 0.6 is 23.2 Å². The molecule has 1 heterocycles. The van der Waals surface area contributed by atoms with Crippen molar-refractivity contribution in [1.82, 2.24) is 9.80 Å². The number of benzene rings is 1. The number of carbonyl (C=O) groups is 2. The summed E-state index contributed by atoms with van der Waals surface area (Å²) in [5.41, 5.74) is 1.31. The third-order valence-corrected chi connectivity index (χ3v) is 4.50. The normalized spacial score (nSPS) is 18.5. The van der Waals surface area contributed by atoms with Gasteiger partial charge in [0.2, 0.25) is 0 Å². The van der Waals surface area contributed by atoms with Crippen LogP contribution in [0.2, 0.25) is 5.02 Å². The molecule has 0 N–H and O–H groups in total. The molecule has 0 aromatic heterocycles. The number of halogens is 3. The van der Waals surface area contributed by atoms with Gasteiger partial charge in [-0.25, -0.2) is 9.18 Å². The molecule has 1 aliphatic heterocycles. The van der Waals surface area contributed by atoms with Crippen molar-refractivity contribution in [2.75, 3.05) is 13.1 Å². The van der Waals surface area contributed by atoms with Gasteiger partial charge in [-0.05, 0) is 43.5 Å². The fraction of sp³-hybridized carbons (Fsp3) is 0.467. The molecular weight excluding hydrogens is 330 g/mol. The van der Waals surface area contributed by atoms with Gasteiger partial charge < -0.3 is 4.90 Å². The van der Waals surface area contributed by atoms with Crippen LogP contribution in [0.5, 0.6) is 0 Å². The van der Waals surface area contributed by atoms with Crippen LogP contribution in [0.15, 0.2) is 12.1 Å². The molecule has 0 unspecified atom stereocenters. The third-order valence-electron chi connectivity index (χ3n) is 3.89. The van der Waals surface area contributed by atoms with E-state index in [4.69, 9.17) is 23.2 Å². The van der Waals surface area contributed by atoms with E-state index in [-0.39, 0.29) is 22.8 Å². The van der Waals surface area contributed by atoms with E-state index in [0.717, 1.165) is 0 Å². The zero-order valence-corrected chi connectivity index (χ0v) is 13.9. The SMILES string of the molecule is CCN1C(=O)[C@H](C)N(CCc2cc(F)cc(Cl)c2CCl)C1=O. The molecule has 1 aromatic carbocycles. The maximum Gasteiger partial charge on any atom is 0.327 e. The Balaban J connectivity index is 2.17. The van der Waals surface area contributed by atoms with E-state index in [2.05, 4.69) is 0 Å². The summed E-state index contributed by atoms with van der Waals surface area (Å²) in [6.07, 6.45) is 0.389. The summed E-state index contributed by atoms with van der Waals surface area (Å²) in [4.78, 5) is 26.8. The second-order valence-corrected chi connectivity index (χ2v) is 5.82. The van der Waals surface area contributed by atoms with Crippen LogP contribution in [-0.2, 0) is 17.1 Å². The van der Waals surface area contributed by atoms with Crippen molar-refractivity contribution in [1.29, 1.82) is 0 Å². The Morgan fingerprint density at radius 3 is 2.55 bits per heavy atom. The largest absolute Gasteiger partial charge is 0.327 e. The van der Waals surface area contributed by atoms with Crippen LogP contribution in [0.4, 0.5) is 9.18 Å². The fourth-order valence-corrected chi connectivity index (χ4v) is 3.30. The Morgan fingerprint density at radius 1 is 1.32 bits per heavy atom. The highest BCUT2D eigenvalue weighted by atomic mass is 35.5. The summed E-state index contributed by atoms with van der Waals surface area (Å²) >= 11 is 11.9. The Labute approximate surface area is 138 Å². The van der Waals surface area contributed by atoms with Crippen LogP contribution < -0.4 is 0 Å². The Bertz CT molecular complexity index is 609. The van der Waals surface area contributed by atoms with Gasteiger partial charge in [-0.15, -0.1) is 11.6 Å². The summed E-state index contributed by atoms with van der Waals surface area (Å²) in [6, 6.07) is 1.77. The van der Waals surface area contributed by atoms with Gasteiger partial charge in [0.05, 0.1) is 0 Å². The van der Waals surface area contributed by atoms with E-state index in [1.165, 1.54) is 21.9 Å². The average Bonchev–Trinajstić information content (AvgIpc) is 2.66. The van der Waals surface area contributed by atoms with E-state index in [0.29, 0.717) is 30.6 Å². The summed E-state index contributed by atoms with van der Waals surface area (Å²) < 4.78 is 13.5. The van der Waals surface area contributed by atoms with Crippen molar-refractivity contribution in [2.24, 2.45) is 0 Å². The lowest BCUT2D eigenvalue weighted by molar-refractivity contribution is -0.127. The van der Waals surface area contributed by atoms with Gasteiger partial charge >= 0.3 is 6.03 Å². The van der Waals surface area contributed by atoms with E-state index in [9.17, 15) is 14.0 Å². The van der Waals surface area contributed by atoms with Crippen molar-refractivity contribution in [2.45, 2.75) is 32.2 Å². The van der Waals surface area contributed by atoms with Gasteiger partial charge in [0.15, 0.2) is 0 Å². The van der Waals surface area contributed by atoms with Gasteiger partial charge in [-0.3, -0.25) is 9.69 Å². The lowest BCUT2D eigenvalue weighted by Crippen LogP contribution is -2.35. The molecule has 1 saturated heterocycles. The third kappa shape index (κ3) is 3.06. The molecule has 3 amide bonds. The molecule has 1 aliphatic rings. The second-order valence-electron chi connectivity index (χ2n) is 5.14. The Kier molecular flexibility index (Phi) is 5.29. The maximum absolute atomic E-state index is 13.5. The van der Waals surface area contributed by atoms with E-state index in [1.54, 1.807) is 13.8 Å². The van der Waals surface area contributed by atoms with Crippen molar-refractivity contribution < 1.29 is 14.0 Å². The van der Waals surface area contributed by atoms with Crippen molar-refractivity contribution >= 4 is 35.1 Å². The van der Waals surface area contributed by atoms with Gasteiger partial charge in [0.1, 0.15) is 11.9 Å². The predicted molar refractivity (Wildman–Crippen MR) is 83.6 cm³/mol. The highest BCUT2D eigenvalue weighted by Gasteiger charge is 2.41. The first-order chi connectivity index (χ1) is 10.4. The predicted octanol–water partition coefficient (Wildman–Crippen LogP) is 3.43. The van der Waals surface area contributed by atoms with E-state index in [1.807, 2.05) is 0 Å². The molecule has 1 fully saturated rings. The molecule has 0 radical (unpaired) electrons. The standard InChI is InChI=1S/C15H17Cl2FN2O2/c1-3-19-14(21)9(2)20(15(19)22)5-4-10-6-11(18)7-13(17)12(10)8-16/h6-7,9H,3-5,8H2,1-2H3/t9-/m0/s1. The number of nitrogens with zero attached hydrogens (tertiary/aromatic N) is 2. The molecule has 0 saturated carbocycles. The number of alkyl halides is 1. The monoisotopic (exact) mass is 346 g/mol. The average molecular weight is 347 g/mol. The molecule has 0 spiro atoms. The number of rotatable bonds is 5. The minimum absolute atomic E-state index is 0.165. The lowest BCUT2D eigenvalue weighted by Gasteiger charge is -2.20. The first-order valence-corrected chi connectivity index (χ1v) is 7.96. The van der Waals surface area contributed by atoms with Gasteiger partial charge in [-0.2, -0.15) is 0 Å². The Hall–Kier alpha value is -1.33. The van der Waals surface area contributed by atoms with Crippen molar-refractivity contribution in [3.8, 4) is 0 Å².